The number of carbonyl (C=O) groups is 1. The van der Waals surface area contributed by atoms with E-state index in [0.717, 1.165) is 21.7 Å². The highest BCUT2D eigenvalue weighted by Crippen LogP contribution is 2.24. The number of ether oxygens (including phenoxy) is 1. The quantitative estimate of drug-likeness (QED) is 0.752. The lowest BCUT2D eigenvalue weighted by atomic mass is 10.1. The van der Waals surface area contributed by atoms with Crippen molar-refractivity contribution in [2.45, 2.75) is 33.4 Å². The van der Waals surface area contributed by atoms with Gasteiger partial charge in [-0.15, -0.1) is 0 Å². The number of rotatable bonds is 8. The molecule has 0 saturated carbocycles. The molecule has 6 nitrogen and oxygen atoms in total. The lowest BCUT2D eigenvalue weighted by molar-refractivity contribution is -0.122. The van der Waals surface area contributed by atoms with Crippen molar-refractivity contribution >= 4 is 21.6 Å². The zero-order valence-corrected chi connectivity index (χ0v) is 16.9. The van der Waals surface area contributed by atoms with Crippen molar-refractivity contribution in [3.63, 3.8) is 0 Å². The first-order valence-electron chi connectivity index (χ1n) is 8.78. The molecule has 146 valence electrons. The topological polar surface area (TPSA) is 75.7 Å². The maximum Gasteiger partial charge on any atom is 0.243 e. The van der Waals surface area contributed by atoms with Gasteiger partial charge < -0.3 is 10.1 Å². The molecule has 0 radical (unpaired) electrons. The van der Waals surface area contributed by atoms with E-state index < -0.39 is 16.1 Å². The first kappa shape index (κ1) is 20.8. The average molecular weight is 391 g/mol. The second-order valence-electron chi connectivity index (χ2n) is 6.37. The van der Waals surface area contributed by atoms with Crippen LogP contribution in [0, 0.1) is 6.92 Å². The van der Waals surface area contributed by atoms with Gasteiger partial charge in [0.05, 0.1) is 18.6 Å². The van der Waals surface area contributed by atoms with Crippen LogP contribution >= 0.6 is 0 Å². The van der Waals surface area contributed by atoms with Crippen molar-refractivity contribution in [2.24, 2.45) is 0 Å². The van der Waals surface area contributed by atoms with Crippen molar-refractivity contribution in [1.82, 2.24) is 5.32 Å². The van der Waals surface area contributed by atoms with Gasteiger partial charge in [0.1, 0.15) is 11.8 Å². The molecule has 0 unspecified atom stereocenters. The minimum absolute atomic E-state index is 0.338. The summed E-state index contributed by atoms with van der Waals surface area (Å²) in [4.78, 5) is 12.6. The van der Waals surface area contributed by atoms with Crippen molar-refractivity contribution < 1.29 is 17.9 Å². The van der Waals surface area contributed by atoms with E-state index in [1.54, 1.807) is 31.2 Å². The molecule has 1 atom stereocenters. The first-order valence-corrected chi connectivity index (χ1v) is 10.6. The zero-order valence-electron chi connectivity index (χ0n) is 16.1. The van der Waals surface area contributed by atoms with E-state index in [1.165, 1.54) is 0 Å². The minimum Gasteiger partial charge on any atom is -0.494 e. The fraction of sp³-hybridized carbons (Fsp3) is 0.350. The van der Waals surface area contributed by atoms with Gasteiger partial charge in [-0.1, -0.05) is 29.8 Å². The number of carbonyl (C=O) groups excluding carboxylic acids is 1. The van der Waals surface area contributed by atoms with Crippen LogP contribution in [-0.2, 0) is 21.4 Å². The Morgan fingerprint density at radius 2 is 1.70 bits per heavy atom. The largest absolute Gasteiger partial charge is 0.494 e. The lowest BCUT2D eigenvalue weighted by Crippen LogP contribution is -2.47. The molecule has 0 bridgehead atoms. The van der Waals surface area contributed by atoms with Gasteiger partial charge in [0.25, 0.3) is 0 Å². The van der Waals surface area contributed by atoms with Crippen LogP contribution in [0.3, 0.4) is 0 Å². The number of nitrogens with one attached hydrogen (secondary N) is 1. The molecule has 0 aliphatic carbocycles. The summed E-state index contributed by atoms with van der Waals surface area (Å²) in [6.45, 7) is 6.29. The van der Waals surface area contributed by atoms with E-state index >= 15 is 0 Å². The normalized spacial score (nSPS) is 12.3. The number of anilines is 1. The molecule has 2 aromatic rings. The molecule has 27 heavy (non-hydrogen) atoms. The summed E-state index contributed by atoms with van der Waals surface area (Å²) in [5, 5.41) is 2.80. The summed E-state index contributed by atoms with van der Waals surface area (Å²) in [6.07, 6.45) is 1.09. The van der Waals surface area contributed by atoms with Gasteiger partial charge in [-0.05, 0) is 50.6 Å². The summed E-state index contributed by atoms with van der Waals surface area (Å²) in [7, 11) is -3.64. The molecule has 7 heteroatoms. The molecular weight excluding hydrogens is 364 g/mol. The Labute approximate surface area is 161 Å². The van der Waals surface area contributed by atoms with Crippen molar-refractivity contribution in [3.05, 3.63) is 59.7 Å². The van der Waals surface area contributed by atoms with E-state index in [9.17, 15) is 13.2 Å². The highest BCUT2D eigenvalue weighted by Gasteiger charge is 2.29. The molecule has 2 rings (SSSR count). The second kappa shape index (κ2) is 8.90. The smallest absolute Gasteiger partial charge is 0.243 e. The van der Waals surface area contributed by atoms with Crippen LogP contribution < -0.4 is 14.4 Å². The van der Waals surface area contributed by atoms with Gasteiger partial charge in [-0.3, -0.25) is 9.10 Å². The lowest BCUT2D eigenvalue weighted by Gasteiger charge is -2.28. The highest BCUT2D eigenvalue weighted by molar-refractivity contribution is 7.92. The van der Waals surface area contributed by atoms with Crippen LogP contribution in [0.15, 0.2) is 48.5 Å². The third-order valence-corrected chi connectivity index (χ3v) is 5.32. The van der Waals surface area contributed by atoms with E-state index in [4.69, 9.17) is 4.74 Å². The Bertz CT molecular complexity index is 862. The van der Waals surface area contributed by atoms with Gasteiger partial charge in [0, 0.05) is 6.54 Å². The molecule has 0 aliphatic rings. The van der Waals surface area contributed by atoms with Gasteiger partial charge in [-0.2, -0.15) is 0 Å². The fourth-order valence-electron chi connectivity index (χ4n) is 2.71. The molecule has 0 spiro atoms. The van der Waals surface area contributed by atoms with Crippen LogP contribution in [-0.4, -0.2) is 33.2 Å². The van der Waals surface area contributed by atoms with Crippen molar-refractivity contribution in [2.75, 3.05) is 17.2 Å². The number of hydrogen-bond acceptors (Lipinski definition) is 4. The fourth-order valence-corrected chi connectivity index (χ4v) is 3.88. The van der Waals surface area contributed by atoms with Crippen molar-refractivity contribution in [1.29, 1.82) is 0 Å². The van der Waals surface area contributed by atoms with Gasteiger partial charge in [-0.25, -0.2) is 8.42 Å². The highest BCUT2D eigenvalue weighted by atomic mass is 32.2. The zero-order chi connectivity index (χ0) is 20.0. The standard InChI is InChI=1S/C20H26N2O4S/c1-5-26-19-12-10-18(11-13-19)22(27(4,24)25)16(3)20(23)21-14-17-8-6-15(2)7-9-17/h6-13,16H,5,14H2,1-4H3,(H,21,23)/t16-/m0/s1. The van der Waals surface area contributed by atoms with E-state index in [-0.39, 0.29) is 5.91 Å². The Balaban J connectivity index is 2.15. The Morgan fingerprint density at radius 1 is 1.11 bits per heavy atom. The van der Waals surface area contributed by atoms with Crippen LogP contribution in [0.5, 0.6) is 5.75 Å². The monoisotopic (exact) mass is 390 g/mol. The molecule has 0 aromatic heterocycles. The van der Waals surface area contributed by atoms with Crippen LogP contribution in [0.4, 0.5) is 5.69 Å². The van der Waals surface area contributed by atoms with E-state index in [1.807, 2.05) is 38.1 Å². The average Bonchev–Trinajstić information content (AvgIpc) is 2.61. The number of amides is 1. The summed E-state index contributed by atoms with van der Waals surface area (Å²) in [5.41, 5.74) is 2.50. The molecule has 0 heterocycles. The Morgan fingerprint density at radius 3 is 2.22 bits per heavy atom. The van der Waals surface area contributed by atoms with Gasteiger partial charge in [0.15, 0.2) is 0 Å². The molecular formula is C20H26N2O4S. The predicted molar refractivity (Wildman–Crippen MR) is 107 cm³/mol. The summed E-state index contributed by atoms with van der Waals surface area (Å²) in [5.74, 6) is 0.279. The third-order valence-electron chi connectivity index (χ3n) is 4.08. The minimum atomic E-state index is -3.64. The number of hydrogen-bond donors (Lipinski definition) is 1. The SMILES string of the molecule is CCOc1ccc(N([C@@H](C)C(=O)NCc2ccc(C)cc2)S(C)(=O)=O)cc1. The van der Waals surface area contributed by atoms with E-state index in [2.05, 4.69) is 5.32 Å². The Kier molecular flexibility index (Phi) is 6.85. The Hall–Kier alpha value is -2.54. The van der Waals surface area contributed by atoms with E-state index in [0.29, 0.717) is 24.6 Å². The number of nitrogens with zero attached hydrogens (tertiary/aromatic N) is 1. The molecule has 1 N–H and O–H groups in total. The number of aryl methyl sites for hydroxylation is 1. The molecule has 0 saturated heterocycles. The summed E-state index contributed by atoms with van der Waals surface area (Å²) in [6, 6.07) is 13.6. The van der Waals surface area contributed by atoms with Crippen LogP contribution in [0.25, 0.3) is 0 Å². The number of benzene rings is 2. The van der Waals surface area contributed by atoms with Crippen LogP contribution in [0.2, 0.25) is 0 Å². The second-order valence-corrected chi connectivity index (χ2v) is 8.22. The van der Waals surface area contributed by atoms with Crippen molar-refractivity contribution in [3.8, 4) is 5.75 Å². The third kappa shape index (κ3) is 5.72. The molecule has 1 amide bonds. The first-order chi connectivity index (χ1) is 12.7. The molecule has 0 aliphatic heterocycles. The van der Waals surface area contributed by atoms with Gasteiger partial charge in [0.2, 0.25) is 15.9 Å². The van der Waals surface area contributed by atoms with Crippen LogP contribution in [0.1, 0.15) is 25.0 Å². The summed E-state index contributed by atoms with van der Waals surface area (Å²) >= 11 is 0. The number of sulfonamides is 1. The maximum absolute atomic E-state index is 12.6. The summed E-state index contributed by atoms with van der Waals surface area (Å²) < 4.78 is 31.1. The molecule has 2 aromatic carbocycles. The molecule has 0 fully saturated rings. The van der Waals surface area contributed by atoms with Gasteiger partial charge >= 0.3 is 0 Å². The predicted octanol–water partition coefficient (Wildman–Crippen LogP) is 2.86. The maximum atomic E-state index is 12.6.